The van der Waals surface area contributed by atoms with Gasteiger partial charge in [-0.15, -0.1) is 0 Å². The third kappa shape index (κ3) is 3.78. The van der Waals surface area contributed by atoms with Crippen molar-refractivity contribution in [3.05, 3.63) is 33.4 Å². The molecule has 0 aliphatic carbocycles. The van der Waals surface area contributed by atoms with Crippen LogP contribution >= 0.6 is 0 Å². The second kappa shape index (κ2) is 8.20. The summed E-state index contributed by atoms with van der Waals surface area (Å²) < 4.78 is 4.49. The number of carbonyl (C=O) groups is 1. The van der Waals surface area contributed by atoms with Gasteiger partial charge in [0.2, 0.25) is 0 Å². The highest BCUT2D eigenvalue weighted by molar-refractivity contribution is 5.95. The minimum atomic E-state index is -0.790. The molecule has 8 nitrogen and oxygen atoms in total. The van der Waals surface area contributed by atoms with E-state index in [-0.39, 0.29) is 17.7 Å². The number of nitriles is 1. The van der Waals surface area contributed by atoms with Crippen LogP contribution in [0.25, 0.3) is 0 Å². The molecule has 0 fully saturated rings. The first kappa shape index (κ1) is 17.1. The summed E-state index contributed by atoms with van der Waals surface area (Å²) >= 11 is 0. The number of nitro groups is 1. The van der Waals surface area contributed by atoms with Gasteiger partial charge in [0, 0.05) is 18.8 Å². The number of hydrogen-bond acceptors (Lipinski definition) is 7. The first-order valence-corrected chi connectivity index (χ1v) is 5.34. The van der Waals surface area contributed by atoms with Gasteiger partial charge in [0.15, 0.2) is 0 Å². The second-order valence-electron chi connectivity index (χ2n) is 3.36. The van der Waals surface area contributed by atoms with Gasteiger partial charge in [-0.2, -0.15) is 5.26 Å². The first-order valence-electron chi connectivity index (χ1n) is 5.34. The molecule has 1 rings (SSSR count). The molecule has 0 unspecified atom stereocenters. The van der Waals surface area contributed by atoms with E-state index in [0.717, 1.165) is 7.11 Å². The molecule has 0 saturated carbocycles. The molecule has 0 aromatic heterocycles. The molecule has 20 heavy (non-hydrogen) atoms. The third-order valence-electron chi connectivity index (χ3n) is 2.36. The maximum Gasteiger partial charge on any atom is 0.344 e. The van der Waals surface area contributed by atoms with Crippen molar-refractivity contribution >= 4 is 24.1 Å². The minimum Gasteiger partial charge on any atom is -0.465 e. The molecule has 0 heterocycles. The highest BCUT2D eigenvalue weighted by Crippen LogP contribution is 2.27. The minimum absolute atomic E-state index is 0.0124. The number of rotatable bonds is 4. The van der Waals surface area contributed by atoms with Crippen LogP contribution in [0.1, 0.15) is 15.9 Å². The predicted molar refractivity (Wildman–Crippen MR) is 73.1 cm³/mol. The SMILES string of the molecule is C=N.CNc1cc(C(=O)OC)c([N+](=O)[O-])cc1CC#N. The zero-order valence-electron chi connectivity index (χ0n) is 11.1. The lowest BCUT2D eigenvalue weighted by molar-refractivity contribution is -0.385. The largest absolute Gasteiger partial charge is 0.465 e. The fourth-order valence-electron chi connectivity index (χ4n) is 1.52. The van der Waals surface area contributed by atoms with Gasteiger partial charge in [0.1, 0.15) is 5.56 Å². The number of esters is 1. The van der Waals surface area contributed by atoms with Crippen LogP contribution in [0.2, 0.25) is 0 Å². The summed E-state index contributed by atoms with van der Waals surface area (Å²) in [5.74, 6) is -0.790. The number of benzene rings is 1. The summed E-state index contributed by atoms with van der Waals surface area (Å²) in [7, 11) is 2.75. The van der Waals surface area contributed by atoms with Crippen molar-refractivity contribution in [3.8, 4) is 6.07 Å². The van der Waals surface area contributed by atoms with Crippen LogP contribution in [-0.4, -0.2) is 31.8 Å². The lowest BCUT2D eigenvalue weighted by Gasteiger charge is -2.09. The van der Waals surface area contributed by atoms with Gasteiger partial charge >= 0.3 is 5.97 Å². The first-order chi connectivity index (χ1) is 9.54. The van der Waals surface area contributed by atoms with Gasteiger partial charge in [-0.25, -0.2) is 4.79 Å². The van der Waals surface area contributed by atoms with E-state index in [1.807, 2.05) is 6.07 Å². The Morgan fingerprint density at radius 2 is 2.20 bits per heavy atom. The number of anilines is 1. The Kier molecular flexibility index (Phi) is 6.99. The van der Waals surface area contributed by atoms with E-state index in [1.165, 1.54) is 12.1 Å². The molecule has 0 bridgehead atoms. The smallest absolute Gasteiger partial charge is 0.344 e. The van der Waals surface area contributed by atoms with Gasteiger partial charge < -0.3 is 15.5 Å². The zero-order valence-corrected chi connectivity index (χ0v) is 11.1. The fraction of sp³-hybridized carbons (Fsp3) is 0.250. The van der Waals surface area contributed by atoms with Crippen molar-refractivity contribution in [1.29, 1.82) is 10.7 Å². The molecule has 8 heteroatoms. The van der Waals surface area contributed by atoms with Crippen LogP contribution in [-0.2, 0) is 11.2 Å². The molecule has 1 aromatic rings. The summed E-state index contributed by atoms with van der Waals surface area (Å²) in [6, 6.07) is 4.43. The second-order valence-corrected chi connectivity index (χ2v) is 3.36. The van der Waals surface area contributed by atoms with Crippen LogP contribution in [0.4, 0.5) is 11.4 Å². The number of hydrogen-bond donors (Lipinski definition) is 2. The van der Waals surface area contributed by atoms with E-state index in [0.29, 0.717) is 11.3 Å². The summed E-state index contributed by atoms with van der Waals surface area (Å²) in [5.41, 5.74) is 0.432. The molecule has 1 aromatic carbocycles. The van der Waals surface area contributed by atoms with Crippen molar-refractivity contribution < 1.29 is 14.5 Å². The van der Waals surface area contributed by atoms with Crippen LogP contribution in [0, 0.1) is 26.9 Å². The van der Waals surface area contributed by atoms with Gasteiger partial charge in [-0.05, 0) is 18.3 Å². The van der Waals surface area contributed by atoms with Crippen molar-refractivity contribution in [1.82, 2.24) is 0 Å². The Labute approximate surface area is 115 Å². The molecule has 106 valence electrons. The van der Waals surface area contributed by atoms with Gasteiger partial charge in [-0.3, -0.25) is 10.1 Å². The van der Waals surface area contributed by atoms with Crippen molar-refractivity contribution in [3.63, 3.8) is 0 Å². The van der Waals surface area contributed by atoms with Gasteiger partial charge in [0.05, 0.1) is 24.5 Å². The lowest BCUT2D eigenvalue weighted by atomic mass is 10.0. The molecular weight excluding hydrogens is 264 g/mol. The Balaban J connectivity index is 0.00000172. The number of nitrogens with zero attached hydrogens (tertiary/aromatic N) is 2. The Morgan fingerprint density at radius 1 is 1.60 bits per heavy atom. The van der Waals surface area contributed by atoms with E-state index in [1.54, 1.807) is 7.05 Å². The molecule has 0 aliphatic rings. The van der Waals surface area contributed by atoms with Crippen LogP contribution < -0.4 is 5.32 Å². The molecule has 0 amide bonds. The average molecular weight is 278 g/mol. The summed E-state index contributed by atoms with van der Waals surface area (Å²) in [6.45, 7) is 2.50. The topological polar surface area (TPSA) is 129 Å². The molecule has 0 radical (unpaired) electrons. The summed E-state index contributed by atoms with van der Waals surface area (Å²) in [6.07, 6.45) is 0.0124. The van der Waals surface area contributed by atoms with Crippen molar-refractivity contribution in [2.75, 3.05) is 19.5 Å². The zero-order chi connectivity index (χ0) is 15.7. The van der Waals surface area contributed by atoms with Crippen LogP contribution in [0.15, 0.2) is 12.1 Å². The van der Waals surface area contributed by atoms with Crippen LogP contribution in [0.5, 0.6) is 0 Å². The Morgan fingerprint density at radius 3 is 2.60 bits per heavy atom. The average Bonchev–Trinajstić information content (AvgIpc) is 2.48. The molecule has 0 spiro atoms. The Hall–Kier alpha value is -2.95. The quantitative estimate of drug-likeness (QED) is 0.373. The van der Waals surface area contributed by atoms with E-state index in [4.69, 9.17) is 10.7 Å². The third-order valence-corrected chi connectivity index (χ3v) is 2.36. The van der Waals surface area contributed by atoms with E-state index >= 15 is 0 Å². The van der Waals surface area contributed by atoms with E-state index in [2.05, 4.69) is 16.8 Å². The van der Waals surface area contributed by atoms with E-state index in [9.17, 15) is 14.9 Å². The molecule has 0 aliphatic heterocycles. The number of methoxy groups -OCH3 is 1. The van der Waals surface area contributed by atoms with E-state index < -0.39 is 10.9 Å². The standard InChI is InChI=1S/C11H11N3O4.CH3N/c1-13-9-6-8(11(15)18-2)10(14(16)17)5-7(9)3-4-12;1-2/h5-6,13H,3H2,1-2H3;2H,1H2. The normalized spacial score (nSPS) is 8.65. The molecule has 0 saturated heterocycles. The Bertz CT molecular complexity index is 551. The molecule has 0 atom stereocenters. The van der Waals surface area contributed by atoms with Crippen molar-refractivity contribution in [2.45, 2.75) is 6.42 Å². The fourth-order valence-corrected chi connectivity index (χ4v) is 1.52. The van der Waals surface area contributed by atoms with Gasteiger partial charge in [-0.1, -0.05) is 0 Å². The maximum atomic E-state index is 11.5. The number of ether oxygens (including phenoxy) is 1. The van der Waals surface area contributed by atoms with Crippen LogP contribution in [0.3, 0.4) is 0 Å². The van der Waals surface area contributed by atoms with Gasteiger partial charge in [0.25, 0.3) is 5.69 Å². The maximum absolute atomic E-state index is 11.5. The highest BCUT2D eigenvalue weighted by atomic mass is 16.6. The van der Waals surface area contributed by atoms with Crippen molar-refractivity contribution in [2.24, 2.45) is 0 Å². The number of nitro benzene ring substituents is 1. The highest BCUT2D eigenvalue weighted by Gasteiger charge is 2.23. The summed E-state index contributed by atoms with van der Waals surface area (Å²) in [4.78, 5) is 21.7. The monoisotopic (exact) mass is 278 g/mol. The predicted octanol–water partition coefficient (Wildman–Crippen LogP) is 1.75. The number of nitrogens with one attached hydrogen (secondary N) is 2. The number of carbonyl (C=O) groups excluding carboxylic acids is 1. The lowest BCUT2D eigenvalue weighted by Crippen LogP contribution is -2.08. The molecular formula is C12H14N4O4. The molecule has 2 N–H and O–H groups in total. The summed E-state index contributed by atoms with van der Waals surface area (Å²) in [5, 5.41) is 27.8.